The molecule has 0 radical (unpaired) electrons. The Kier molecular flexibility index (Phi) is 5.15. The van der Waals surface area contributed by atoms with E-state index in [0.29, 0.717) is 6.54 Å². The highest BCUT2D eigenvalue weighted by molar-refractivity contribution is 7.89. The minimum atomic E-state index is -3.51. The third-order valence-electron chi connectivity index (χ3n) is 2.89. The molecule has 0 aliphatic carbocycles. The van der Waals surface area contributed by atoms with Gasteiger partial charge in [-0.1, -0.05) is 11.8 Å². The van der Waals surface area contributed by atoms with Gasteiger partial charge in [0.05, 0.1) is 11.4 Å². The molecule has 2 rings (SSSR count). The summed E-state index contributed by atoms with van der Waals surface area (Å²) in [5.41, 5.74) is 7.13. The fourth-order valence-corrected chi connectivity index (χ4v) is 3.63. The van der Waals surface area contributed by atoms with Crippen molar-refractivity contribution in [3.8, 4) is 11.8 Å². The quantitative estimate of drug-likeness (QED) is 0.845. The zero-order valence-electron chi connectivity index (χ0n) is 11.6. The molecule has 2 aromatic rings. The largest absolute Gasteiger partial charge is 0.320 e. The van der Waals surface area contributed by atoms with Gasteiger partial charge in [-0.2, -0.15) is 0 Å². The Morgan fingerprint density at radius 1 is 1.24 bits per heavy atom. The smallest absolute Gasteiger partial charge is 0.240 e. The monoisotopic (exact) mass is 320 g/mol. The zero-order valence-corrected chi connectivity index (χ0v) is 13.2. The minimum Gasteiger partial charge on any atom is -0.320 e. The van der Waals surface area contributed by atoms with E-state index >= 15 is 0 Å². The van der Waals surface area contributed by atoms with Gasteiger partial charge in [-0.3, -0.25) is 0 Å². The number of aryl methyl sites for hydroxylation is 1. The molecule has 0 unspecified atom stereocenters. The van der Waals surface area contributed by atoms with E-state index in [9.17, 15) is 8.42 Å². The number of nitrogens with one attached hydrogen (secondary N) is 1. The van der Waals surface area contributed by atoms with Crippen LogP contribution in [0, 0.1) is 18.8 Å². The lowest BCUT2D eigenvalue weighted by Crippen LogP contribution is -2.23. The van der Waals surface area contributed by atoms with E-state index in [1.165, 1.54) is 11.3 Å². The van der Waals surface area contributed by atoms with Gasteiger partial charge in [0.1, 0.15) is 0 Å². The summed E-state index contributed by atoms with van der Waals surface area (Å²) in [4.78, 5) is 1.25. The van der Waals surface area contributed by atoms with E-state index in [2.05, 4.69) is 16.6 Å². The van der Waals surface area contributed by atoms with Crippen molar-refractivity contribution in [3.63, 3.8) is 0 Å². The van der Waals surface area contributed by atoms with E-state index in [1.807, 2.05) is 18.4 Å². The molecule has 0 saturated heterocycles. The predicted octanol–water partition coefficient (Wildman–Crippen LogP) is 1.85. The molecule has 0 atom stereocenters. The Hall–Kier alpha value is -1.65. The van der Waals surface area contributed by atoms with Crippen LogP contribution in [0.25, 0.3) is 0 Å². The van der Waals surface area contributed by atoms with Crippen LogP contribution in [0.2, 0.25) is 0 Å². The third kappa shape index (κ3) is 4.16. The highest BCUT2D eigenvalue weighted by Gasteiger charge is 2.14. The van der Waals surface area contributed by atoms with E-state index in [4.69, 9.17) is 5.73 Å². The third-order valence-corrected chi connectivity index (χ3v) is 5.33. The SMILES string of the molecule is Cc1ccsc1CNS(=O)(=O)c1ccc(C#CCN)cc1. The summed E-state index contributed by atoms with van der Waals surface area (Å²) in [6.45, 7) is 2.55. The molecule has 0 aliphatic rings. The Morgan fingerprint density at radius 2 is 1.95 bits per heavy atom. The molecule has 21 heavy (non-hydrogen) atoms. The molecule has 0 amide bonds. The summed E-state index contributed by atoms with van der Waals surface area (Å²) in [5, 5.41) is 1.95. The molecule has 1 heterocycles. The van der Waals surface area contributed by atoms with Gasteiger partial charge in [0.15, 0.2) is 0 Å². The number of benzene rings is 1. The minimum absolute atomic E-state index is 0.231. The molecule has 3 N–H and O–H groups in total. The van der Waals surface area contributed by atoms with Crippen molar-refractivity contribution in [1.29, 1.82) is 0 Å². The van der Waals surface area contributed by atoms with Crippen LogP contribution in [-0.4, -0.2) is 15.0 Å². The number of sulfonamides is 1. The van der Waals surface area contributed by atoms with Crippen molar-refractivity contribution in [1.82, 2.24) is 4.72 Å². The summed E-state index contributed by atoms with van der Waals surface area (Å²) in [7, 11) is -3.51. The van der Waals surface area contributed by atoms with Crippen LogP contribution >= 0.6 is 11.3 Å². The van der Waals surface area contributed by atoms with E-state index < -0.39 is 10.0 Å². The average molecular weight is 320 g/mol. The Morgan fingerprint density at radius 3 is 2.52 bits per heavy atom. The number of hydrogen-bond acceptors (Lipinski definition) is 4. The fourth-order valence-electron chi connectivity index (χ4n) is 1.70. The van der Waals surface area contributed by atoms with Gasteiger partial charge in [0, 0.05) is 17.0 Å². The van der Waals surface area contributed by atoms with Crippen LogP contribution in [-0.2, 0) is 16.6 Å². The molecule has 0 bridgehead atoms. The lowest BCUT2D eigenvalue weighted by Gasteiger charge is -2.06. The van der Waals surface area contributed by atoms with Gasteiger partial charge in [-0.25, -0.2) is 13.1 Å². The summed E-state index contributed by atoms with van der Waals surface area (Å²) in [6, 6.07) is 8.41. The van der Waals surface area contributed by atoms with Crippen LogP contribution in [0.3, 0.4) is 0 Å². The second kappa shape index (κ2) is 6.87. The van der Waals surface area contributed by atoms with Gasteiger partial charge in [0.25, 0.3) is 0 Å². The Labute approximate surface area is 129 Å². The number of thiophene rings is 1. The topological polar surface area (TPSA) is 72.2 Å². The van der Waals surface area contributed by atoms with E-state index in [0.717, 1.165) is 16.0 Å². The van der Waals surface area contributed by atoms with Gasteiger partial charge < -0.3 is 5.73 Å². The summed E-state index contributed by atoms with van der Waals surface area (Å²) < 4.78 is 27.0. The lowest BCUT2D eigenvalue weighted by atomic mass is 10.2. The molecule has 6 heteroatoms. The first-order valence-corrected chi connectivity index (χ1v) is 8.71. The molecule has 0 saturated carbocycles. The normalized spacial score (nSPS) is 11.0. The van der Waals surface area contributed by atoms with Gasteiger partial charge in [-0.15, -0.1) is 11.3 Å². The molecule has 0 fully saturated rings. The predicted molar refractivity (Wildman–Crippen MR) is 85.5 cm³/mol. The summed E-state index contributed by atoms with van der Waals surface area (Å²) in [5.74, 6) is 5.58. The lowest BCUT2D eigenvalue weighted by molar-refractivity contribution is 0.581. The molecule has 0 aliphatic heterocycles. The number of rotatable bonds is 4. The van der Waals surface area contributed by atoms with Crippen molar-refractivity contribution >= 4 is 21.4 Å². The number of hydrogen-bond donors (Lipinski definition) is 2. The molecule has 4 nitrogen and oxygen atoms in total. The first kappa shape index (κ1) is 15.7. The number of nitrogens with two attached hydrogens (primary N) is 1. The van der Waals surface area contributed by atoms with Crippen molar-refractivity contribution in [3.05, 3.63) is 51.7 Å². The maximum Gasteiger partial charge on any atom is 0.240 e. The fraction of sp³-hybridized carbons (Fsp3) is 0.200. The van der Waals surface area contributed by atoms with Gasteiger partial charge in [0.2, 0.25) is 10.0 Å². The molecule has 0 spiro atoms. The van der Waals surface area contributed by atoms with Crippen LogP contribution in [0.5, 0.6) is 0 Å². The first-order chi connectivity index (χ1) is 10.0. The standard InChI is InChI=1S/C15H16N2O2S2/c1-12-8-10-20-15(12)11-17-21(18,19)14-6-4-13(5-7-14)3-2-9-16/h4-8,10,17H,9,11,16H2,1H3. The van der Waals surface area contributed by atoms with Crippen LogP contribution < -0.4 is 10.5 Å². The van der Waals surface area contributed by atoms with Crippen LogP contribution in [0.4, 0.5) is 0 Å². The van der Waals surface area contributed by atoms with Crippen molar-refractivity contribution < 1.29 is 8.42 Å². The summed E-state index contributed by atoms with van der Waals surface area (Å²) >= 11 is 1.54. The van der Waals surface area contributed by atoms with Crippen molar-refractivity contribution in [2.75, 3.05) is 6.54 Å². The van der Waals surface area contributed by atoms with Gasteiger partial charge >= 0.3 is 0 Å². The Bertz CT molecular complexity index is 766. The van der Waals surface area contributed by atoms with E-state index in [-0.39, 0.29) is 11.4 Å². The highest BCUT2D eigenvalue weighted by atomic mass is 32.2. The van der Waals surface area contributed by atoms with Crippen molar-refractivity contribution in [2.24, 2.45) is 5.73 Å². The molecule has 110 valence electrons. The molecule has 1 aromatic heterocycles. The molecule has 1 aromatic carbocycles. The first-order valence-electron chi connectivity index (χ1n) is 6.34. The molecular weight excluding hydrogens is 304 g/mol. The Balaban J connectivity index is 2.10. The summed E-state index contributed by atoms with van der Waals surface area (Å²) in [6.07, 6.45) is 0. The van der Waals surface area contributed by atoms with Crippen molar-refractivity contribution in [2.45, 2.75) is 18.4 Å². The maximum absolute atomic E-state index is 12.2. The van der Waals surface area contributed by atoms with Gasteiger partial charge in [-0.05, 0) is 48.2 Å². The second-order valence-corrected chi connectivity index (χ2v) is 7.15. The van der Waals surface area contributed by atoms with Crippen LogP contribution in [0.15, 0.2) is 40.6 Å². The molecular formula is C15H16N2O2S2. The van der Waals surface area contributed by atoms with E-state index in [1.54, 1.807) is 24.3 Å². The van der Waals surface area contributed by atoms with Crippen LogP contribution in [0.1, 0.15) is 16.0 Å². The second-order valence-electron chi connectivity index (χ2n) is 4.38. The highest BCUT2D eigenvalue weighted by Crippen LogP contribution is 2.17. The maximum atomic E-state index is 12.2. The zero-order chi connectivity index (χ0) is 15.3. The average Bonchev–Trinajstić information content (AvgIpc) is 2.89.